The van der Waals surface area contributed by atoms with E-state index in [9.17, 15) is 8.78 Å². The maximum absolute atomic E-state index is 12.0. The lowest BCUT2D eigenvalue weighted by atomic mass is 10.2. The molecular formula is C7H3ClF2N2. The predicted octanol–water partition coefficient (Wildman–Crippen LogP) is 2.54. The Morgan fingerprint density at radius 2 is 2.25 bits per heavy atom. The molecule has 0 aromatic carbocycles. The third kappa shape index (κ3) is 1.69. The summed E-state index contributed by atoms with van der Waals surface area (Å²) in [5.41, 5.74) is -0.319. The molecule has 0 amide bonds. The van der Waals surface area contributed by atoms with Gasteiger partial charge in [-0.25, -0.2) is 13.8 Å². The van der Waals surface area contributed by atoms with Crippen molar-refractivity contribution in [2.24, 2.45) is 0 Å². The summed E-state index contributed by atoms with van der Waals surface area (Å²) in [6, 6.07) is 2.71. The van der Waals surface area contributed by atoms with E-state index in [4.69, 9.17) is 16.9 Å². The maximum Gasteiger partial charge on any atom is 0.265 e. The number of rotatable bonds is 1. The van der Waals surface area contributed by atoms with Gasteiger partial charge in [0.2, 0.25) is 0 Å². The SMILES string of the molecule is N#Cc1ncc(C(F)F)cc1Cl. The Labute approximate surface area is 72.4 Å². The van der Waals surface area contributed by atoms with Crippen LogP contribution in [0.15, 0.2) is 12.3 Å². The van der Waals surface area contributed by atoms with E-state index in [0.29, 0.717) is 0 Å². The van der Waals surface area contributed by atoms with E-state index in [-0.39, 0.29) is 16.3 Å². The van der Waals surface area contributed by atoms with Gasteiger partial charge in [-0.3, -0.25) is 0 Å². The fraction of sp³-hybridized carbons (Fsp3) is 0.143. The molecule has 0 aliphatic rings. The van der Waals surface area contributed by atoms with E-state index in [0.717, 1.165) is 12.3 Å². The molecule has 0 saturated carbocycles. The molecule has 0 radical (unpaired) electrons. The molecule has 0 saturated heterocycles. The molecule has 62 valence electrons. The van der Waals surface area contributed by atoms with Crippen LogP contribution in [0.3, 0.4) is 0 Å². The van der Waals surface area contributed by atoms with Crippen molar-refractivity contribution in [3.05, 3.63) is 28.5 Å². The second-order valence-corrected chi connectivity index (χ2v) is 2.42. The van der Waals surface area contributed by atoms with Crippen molar-refractivity contribution in [3.8, 4) is 6.07 Å². The Hall–Kier alpha value is -1.21. The van der Waals surface area contributed by atoms with E-state index >= 15 is 0 Å². The van der Waals surface area contributed by atoms with Crippen LogP contribution in [0, 0.1) is 11.3 Å². The van der Waals surface area contributed by atoms with Crippen LogP contribution in [0.4, 0.5) is 8.78 Å². The van der Waals surface area contributed by atoms with Crippen LogP contribution < -0.4 is 0 Å². The van der Waals surface area contributed by atoms with Crippen LogP contribution >= 0.6 is 11.6 Å². The van der Waals surface area contributed by atoms with Gasteiger partial charge in [-0.05, 0) is 6.07 Å². The first kappa shape index (κ1) is 8.88. The van der Waals surface area contributed by atoms with Crippen LogP contribution in [0.1, 0.15) is 17.7 Å². The summed E-state index contributed by atoms with van der Waals surface area (Å²) in [6.45, 7) is 0. The third-order valence-electron chi connectivity index (χ3n) is 1.22. The van der Waals surface area contributed by atoms with Crippen molar-refractivity contribution < 1.29 is 8.78 Å². The zero-order valence-corrected chi connectivity index (χ0v) is 6.52. The largest absolute Gasteiger partial charge is 0.265 e. The minimum atomic E-state index is -2.61. The molecule has 0 aliphatic heterocycles. The lowest BCUT2D eigenvalue weighted by Gasteiger charge is -1.99. The predicted molar refractivity (Wildman–Crippen MR) is 38.9 cm³/mol. The summed E-state index contributed by atoms with van der Waals surface area (Å²) < 4.78 is 24.0. The fourth-order valence-corrected chi connectivity index (χ4v) is 0.871. The van der Waals surface area contributed by atoms with Gasteiger partial charge in [-0.15, -0.1) is 0 Å². The lowest BCUT2D eigenvalue weighted by molar-refractivity contribution is 0.151. The highest BCUT2D eigenvalue weighted by Gasteiger charge is 2.10. The van der Waals surface area contributed by atoms with Crippen molar-refractivity contribution in [1.29, 1.82) is 5.26 Å². The number of nitriles is 1. The maximum atomic E-state index is 12.0. The number of halogens is 3. The van der Waals surface area contributed by atoms with Gasteiger partial charge in [0.15, 0.2) is 5.69 Å². The summed E-state index contributed by atoms with van der Waals surface area (Å²) in [4.78, 5) is 3.44. The summed E-state index contributed by atoms with van der Waals surface area (Å²) in [5, 5.41) is 8.32. The van der Waals surface area contributed by atoms with Crippen LogP contribution in [-0.4, -0.2) is 4.98 Å². The van der Waals surface area contributed by atoms with Gasteiger partial charge in [0, 0.05) is 11.8 Å². The third-order valence-corrected chi connectivity index (χ3v) is 1.51. The van der Waals surface area contributed by atoms with Gasteiger partial charge in [-0.1, -0.05) is 11.6 Å². The molecule has 1 heterocycles. The van der Waals surface area contributed by atoms with Crippen molar-refractivity contribution >= 4 is 11.6 Å². The molecule has 2 nitrogen and oxygen atoms in total. The second-order valence-electron chi connectivity index (χ2n) is 2.01. The minimum Gasteiger partial charge on any atom is -0.244 e. The van der Waals surface area contributed by atoms with Crippen molar-refractivity contribution in [1.82, 2.24) is 4.98 Å². The molecule has 5 heteroatoms. The number of hydrogen-bond acceptors (Lipinski definition) is 2. The zero-order valence-electron chi connectivity index (χ0n) is 5.76. The van der Waals surface area contributed by atoms with Gasteiger partial charge < -0.3 is 0 Å². The Kier molecular flexibility index (Phi) is 2.56. The monoisotopic (exact) mass is 188 g/mol. The van der Waals surface area contributed by atoms with Crippen molar-refractivity contribution in [2.45, 2.75) is 6.43 Å². The molecule has 0 N–H and O–H groups in total. The van der Waals surface area contributed by atoms with Crippen LogP contribution in [0.2, 0.25) is 5.02 Å². The lowest BCUT2D eigenvalue weighted by Crippen LogP contribution is -1.89. The molecule has 0 unspecified atom stereocenters. The molecule has 0 aliphatic carbocycles. The molecule has 0 spiro atoms. The van der Waals surface area contributed by atoms with Crippen molar-refractivity contribution in [3.63, 3.8) is 0 Å². The highest BCUT2D eigenvalue weighted by atomic mass is 35.5. The normalized spacial score (nSPS) is 9.92. The van der Waals surface area contributed by atoms with E-state index in [1.807, 2.05) is 0 Å². The Bertz CT molecular complexity index is 333. The molecule has 0 fully saturated rings. The Morgan fingerprint density at radius 1 is 1.58 bits per heavy atom. The Balaban J connectivity index is 3.12. The van der Waals surface area contributed by atoms with Gasteiger partial charge >= 0.3 is 0 Å². The quantitative estimate of drug-likeness (QED) is 0.679. The summed E-state index contributed by atoms with van der Waals surface area (Å²) >= 11 is 5.46. The average Bonchev–Trinajstić information content (AvgIpc) is 2.04. The molecular weight excluding hydrogens is 186 g/mol. The van der Waals surface area contributed by atoms with E-state index in [1.165, 1.54) is 0 Å². The highest BCUT2D eigenvalue weighted by Crippen LogP contribution is 2.22. The number of alkyl halides is 2. The fourth-order valence-electron chi connectivity index (χ4n) is 0.654. The highest BCUT2D eigenvalue weighted by molar-refractivity contribution is 6.31. The van der Waals surface area contributed by atoms with Crippen molar-refractivity contribution in [2.75, 3.05) is 0 Å². The number of nitrogens with zero attached hydrogens (tertiary/aromatic N) is 2. The zero-order chi connectivity index (χ0) is 9.14. The number of pyridine rings is 1. The smallest absolute Gasteiger partial charge is 0.244 e. The number of hydrogen-bond donors (Lipinski definition) is 0. The van der Waals surface area contributed by atoms with E-state index in [1.54, 1.807) is 6.07 Å². The van der Waals surface area contributed by atoms with Crippen LogP contribution in [-0.2, 0) is 0 Å². The van der Waals surface area contributed by atoms with E-state index in [2.05, 4.69) is 4.98 Å². The summed E-state index contributed by atoms with van der Waals surface area (Å²) in [7, 11) is 0. The summed E-state index contributed by atoms with van der Waals surface area (Å²) in [6.07, 6.45) is -1.67. The van der Waals surface area contributed by atoms with Gasteiger partial charge in [0.1, 0.15) is 6.07 Å². The summed E-state index contributed by atoms with van der Waals surface area (Å²) in [5.74, 6) is 0. The van der Waals surface area contributed by atoms with Crippen LogP contribution in [0.25, 0.3) is 0 Å². The number of aromatic nitrogens is 1. The molecule has 12 heavy (non-hydrogen) atoms. The minimum absolute atomic E-state index is 0.0407. The topological polar surface area (TPSA) is 36.7 Å². The first-order chi connectivity index (χ1) is 5.65. The first-order valence-electron chi connectivity index (χ1n) is 2.99. The standard InChI is InChI=1S/C7H3ClF2N2/c8-5-1-4(7(9)10)3-12-6(5)2-11/h1,3,7H. The van der Waals surface area contributed by atoms with Gasteiger partial charge in [0.25, 0.3) is 6.43 Å². The molecule has 0 atom stereocenters. The van der Waals surface area contributed by atoms with Gasteiger partial charge in [0.05, 0.1) is 5.02 Å². The second kappa shape index (κ2) is 3.46. The molecule has 1 rings (SSSR count). The molecule has 1 aromatic rings. The van der Waals surface area contributed by atoms with Gasteiger partial charge in [-0.2, -0.15) is 5.26 Å². The van der Waals surface area contributed by atoms with E-state index < -0.39 is 6.43 Å². The first-order valence-corrected chi connectivity index (χ1v) is 3.36. The molecule has 0 bridgehead atoms. The Morgan fingerprint density at radius 3 is 2.67 bits per heavy atom. The van der Waals surface area contributed by atoms with Crippen LogP contribution in [0.5, 0.6) is 0 Å². The average molecular weight is 189 g/mol. The molecule has 1 aromatic heterocycles.